The lowest BCUT2D eigenvalue weighted by molar-refractivity contribution is -0.115. The molecular weight excluding hydrogens is 393 g/mol. The third-order valence-electron chi connectivity index (χ3n) is 5.27. The molecule has 0 unspecified atom stereocenters. The summed E-state index contributed by atoms with van der Waals surface area (Å²) in [5.74, 6) is -0.503. The van der Waals surface area contributed by atoms with Crippen molar-refractivity contribution in [3.05, 3.63) is 95.8 Å². The molecule has 1 saturated heterocycles. The molecule has 0 aromatic heterocycles. The second-order valence-electron chi connectivity index (χ2n) is 7.59. The maximum atomic E-state index is 13.0. The highest BCUT2D eigenvalue weighted by atomic mass is 19.1. The average molecular weight is 417 g/mol. The normalized spacial score (nSPS) is 13.9. The van der Waals surface area contributed by atoms with Gasteiger partial charge in [-0.3, -0.25) is 9.69 Å². The minimum Gasteiger partial charge on any atom is -0.326 e. The summed E-state index contributed by atoms with van der Waals surface area (Å²) >= 11 is 0. The molecule has 4 rings (SSSR count). The minimum absolute atomic E-state index is 0.0109. The van der Waals surface area contributed by atoms with Crippen LogP contribution in [0, 0.1) is 5.82 Å². The first-order valence-corrected chi connectivity index (χ1v) is 10.3. The van der Waals surface area contributed by atoms with E-state index < -0.39 is 0 Å². The fraction of sp³-hybridized carbons (Fsp3) is 0.200. The molecule has 158 valence electrons. The van der Waals surface area contributed by atoms with Crippen LogP contribution in [0.2, 0.25) is 0 Å². The number of nitrogens with one attached hydrogen (secondary N) is 1. The molecule has 1 fully saturated rings. The Hall–Kier alpha value is -3.67. The molecular formula is C25H24FN3O2. The maximum absolute atomic E-state index is 13.0. The van der Waals surface area contributed by atoms with Gasteiger partial charge in [-0.15, -0.1) is 0 Å². The van der Waals surface area contributed by atoms with Gasteiger partial charge in [0, 0.05) is 31.0 Å². The molecule has 1 aliphatic rings. The second kappa shape index (κ2) is 9.43. The Bertz CT molecular complexity index is 1040. The van der Waals surface area contributed by atoms with E-state index in [1.54, 1.807) is 29.2 Å². The molecule has 0 radical (unpaired) electrons. The third-order valence-corrected chi connectivity index (χ3v) is 5.27. The molecule has 1 aliphatic heterocycles. The molecule has 0 aliphatic carbocycles. The number of benzene rings is 3. The van der Waals surface area contributed by atoms with Gasteiger partial charge < -0.3 is 10.2 Å². The van der Waals surface area contributed by atoms with Crippen LogP contribution in [0.3, 0.4) is 0 Å². The van der Waals surface area contributed by atoms with E-state index in [-0.39, 0.29) is 24.2 Å². The Morgan fingerprint density at radius 1 is 0.871 bits per heavy atom. The van der Waals surface area contributed by atoms with E-state index in [0.29, 0.717) is 18.8 Å². The molecule has 6 heteroatoms. The number of hydrogen-bond donors (Lipinski definition) is 1. The van der Waals surface area contributed by atoms with Crippen molar-refractivity contribution in [3.8, 4) is 0 Å². The quantitative estimate of drug-likeness (QED) is 0.624. The van der Waals surface area contributed by atoms with Crippen LogP contribution in [0.25, 0.3) is 0 Å². The SMILES string of the molecule is O=C(Cc1ccc(F)cc1)Nc1ccc(N2CCCN(Cc3ccccc3)C2=O)cc1. The van der Waals surface area contributed by atoms with Crippen LogP contribution in [0.5, 0.6) is 0 Å². The number of halogens is 1. The first kappa shape index (κ1) is 20.6. The highest BCUT2D eigenvalue weighted by Gasteiger charge is 2.26. The zero-order valence-electron chi connectivity index (χ0n) is 17.1. The van der Waals surface area contributed by atoms with Gasteiger partial charge in [-0.25, -0.2) is 9.18 Å². The smallest absolute Gasteiger partial charge is 0.324 e. The summed E-state index contributed by atoms with van der Waals surface area (Å²) in [7, 11) is 0. The third kappa shape index (κ3) is 5.28. The Morgan fingerprint density at radius 2 is 1.58 bits per heavy atom. The lowest BCUT2D eigenvalue weighted by Gasteiger charge is -2.35. The van der Waals surface area contributed by atoms with Crippen molar-refractivity contribution in [3.63, 3.8) is 0 Å². The molecule has 0 saturated carbocycles. The number of anilines is 2. The van der Waals surface area contributed by atoms with Crippen molar-refractivity contribution in [2.45, 2.75) is 19.4 Å². The van der Waals surface area contributed by atoms with Gasteiger partial charge in [0.15, 0.2) is 0 Å². The van der Waals surface area contributed by atoms with Gasteiger partial charge in [0.25, 0.3) is 0 Å². The van der Waals surface area contributed by atoms with Gasteiger partial charge in [0.05, 0.1) is 6.42 Å². The van der Waals surface area contributed by atoms with Crippen molar-refractivity contribution < 1.29 is 14.0 Å². The van der Waals surface area contributed by atoms with Crippen molar-refractivity contribution in [1.82, 2.24) is 4.90 Å². The molecule has 31 heavy (non-hydrogen) atoms. The largest absolute Gasteiger partial charge is 0.326 e. The van der Waals surface area contributed by atoms with Gasteiger partial charge in [0.2, 0.25) is 5.91 Å². The Kier molecular flexibility index (Phi) is 6.26. The second-order valence-corrected chi connectivity index (χ2v) is 7.59. The Labute approximate surface area is 181 Å². The topological polar surface area (TPSA) is 52.7 Å². The molecule has 5 nitrogen and oxygen atoms in total. The Balaban J connectivity index is 1.37. The van der Waals surface area contributed by atoms with Gasteiger partial charge >= 0.3 is 6.03 Å². The van der Waals surface area contributed by atoms with Crippen LogP contribution in [-0.2, 0) is 17.8 Å². The van der Waals surface area contributed by atoms with Gasteiger partial charge in [-0.2, -0.15) is 0 Å². The van der Waals surface area contributed by atoms with Crippen LogP contribution in [0.4, 0.5) is 20.6 Å². The number of amides is 3. The number of nitrogens with zero attached hydrogens (tertiary/aromatic N) is 2. The van der Waals surface area contributed by atoms with E-state index in [1.807, 2.05) is 47.4 Å². The van der Waals surface area contributed by atoms with Gasteiger partial charge in [0.1, 0.15) is 5.82 Å². The predicted molar refractivity (Wildman–Crippen MR) is 119 cm³/mol. The predicted octanol–water partition coefficient (Wildman–Crippen LogP) is 4.84. The van der Waals surface area contributed by atoms with Crippen LogP contribution >= 0.6 is 0 Å². The summed E-state index contributed by atoms with van der Waals surface area (Å²) in [6, 6.07) is 23.1. The fourth-order valence-electron chi connectivity index (χ4n) is 3.69. The maximum Gasteiger partial charge on any atom is 0.324 e. The van der Waals surface area contributed by atoms with E-state index in [1.165, 1.54) is 12.1 Å². The van der Waals surface area contributed by atoms with Gasteiger partial charge in [-0.05, 0) is 53.9 Å². The van der Waals surface area contributed by atoms with Gasteiger partial charge in [-0.1, -0.05) is 42.5 Å². The van der Waals surface area contributed by atoms with Crippen molar-refractivity contribution in [2.75, 3.05) is 23.3 Å². The van der Waals surface area contributed by atoms with E-state index in [9.17, 15) is 14.0 Å². The van der Waals surface area contributed by atoms with E-state index in [2.05, 4.69) is 5.32 Å². The summed E-state index contributed by atoms with van der Waals surface area (Å²) < 4.78 is 13.0. The first-order valence-electron chi connectivity index (χ1n) is 10.3. The zero-order chi connectivity index (χ0) is 21.6. The summed E-state index contributed by atoms with van der Waals surface area (Å²) in [5, 5.41) is 2.84. The van der Waals surface area contributed by atoms with E-state index >= 15 is 0 Å². The summed E-state index contributed by atoms with van der Waals surface area (Å²) in [4.78, 5) is 28.9. The minimum atomic E-state index is -0.325. The van der Waals surface area contributed by atoms with Crippen molar-refractivity contribution in [2.24, 2.45) is 0 Å². The van der Waals surface area contributed by atoms with Crippen LogP contribution < -0.4 is 10.2 Å². The lowest BCUT2D eigenvalue weighted by atomic mass is 10.1. The summed E-state index contributed by atoms with van der Waals surface area (Å²) in [6.07, 6.45) is 1.07. The Morgan fingerprint density at radius 3 is 2.29 bits per heavy atom. The molecule has 3 aromatic carbocycles. The molecule has 0 spiro atoms. The highest BCUT2D eigenvalue weighted by Crippen LogP contribution is 2.23. The number of carbonyl (C=O) groups excluding carboxylic acids is 2. The molecule has 1 N–H and O–H groups in total. The van der Waals surface area contributed by atoms with Crippen LogP contribution in [-0.4, -0.2) is 29.9 Å². The molecule has 0 bridgehead atoms. The number of urea groups is 1. The average Bonchev–Trinajstić information content (AvgIpc) is 2.78. The summed E-state index contributed by atoms with van der Waals surface area (Å²) in [5.41, 5.74) is 3.31. The highest BCUT2D eigenvalue weighted by molar-refractivity contribution is 5.94. The first-order chi connectivity index (χ1) is 15.1. The fourth-order valence-corrected chi connectivity index (χ4v) is 3.69. The van der Waals surface area contributed by atoms with E-state index in [4.69, 9.17) is 0 Å². The number of carbonyl (C=O) groups is 2. The molecule has 3 aromatic rings. The lowest BCUT2D eigenvalue weighted by Crippen LogP contribution is -2.49. The monoisotopic (exact) mass is 417 g/mol. The molecule has 3 amide bonds. The standard InChI is InChI=1S/C25H24FN3O2/c26-21-9-7-19(8-10-21)17-24(30)27-22-11-13-23(14-12-22)29-16-4-15-28(25(29)31)18-20-5-2-1-3-6-20/h1-3,5-14H,4,15-18H2,(H,27,30). The van der Waals surface area contributed by atoms with Crippen LogP contribution in [0.15, 0.2) is 78.9 Å². The van der Waals surface area contributed by atoms with Crippen molar-refractivity contribution >= 4 is 23.3 Å². The zero-order valence-corrected chi connectivity index (χ0v) is 17.1. The molecule has 0 atom stereocenters. The number of hydrogen-bond acceptors (Lipinski definition) is 2. The molecule has 1 heterocycles. The van der Waals surface area contributed by atoms with Crippen molar-refractivity contribution in [1.29, 1.82) is 0 Å². The summed E-state index contributed by atoms with van der Waals surface area (Å²) in [6.45, 7) is 2.00. The van der Waals surface area contributed by atoms with Crippen LogP contribution in [0.1, 0.15) is 17.5 Å². The number of rotatable bonds is 6. The van der Waals surface area contributed by atoms with E-state index in [0.717, 1.165) is 29.8 Å².